The quantitative estimate of drug-likeness (QED) is 0.857. The van der Waals surface area contributed by atoms with E-state index in [0.717, 1.165) is 41.4 Å². The average Bonchev–Trinajstić information content (AvgIpc) is 3.04. The molecule has 0 fully saturated rings. The molecule has 3 rings (SSSR count). The fourth-order valence-electron chi connectivity index (χ4n) is 2.91. The van der Waals surface area contributed by atoms with Crippen molar-refractivity contribution in [2.24, 2.45) is 5.92 Å². The van der Waals surface area contributed by atoms with Gasteiger partial charge in [0.25, 0.3) is 5.56 Å². The largest absolute Gasteiger partial charge is 0.356 e. The number of rotatable bonds is 4. The fraction of sp³-hybridized carbons (Fsp3) is 0.667. The van der Waals surface area contributed by atoms with Crippen LogP contribution < -0.4 is 10.9 Å². The molecule has 0 saturated carbocycles. The first-order valence-corrected chi connectivity index (χ1v) is 8.58. The van der Waals surface area contributed by atoms with E-state index in [1.807, 2.05) is 0 Å². The van der Waals surface area contributed by atoms with Gasteiger partial charge in [-0.15, -0.1) is 0 Å². The Morgan fingerprint density at radius 1 is 1.48 bits per heavy atom. The first-order valence-electron chi connectivity index (χ1n) is 7.60. The van der Waals surface area contributed by atoms with Crippen molar-refractivity contribution in [3.63, 3.8) is 0 Å². The van der Waals surface area contributed by atoms with Crippen molar-refractivity contribution in [3.8, 4) is 0 Å². The van der Waals surface area contributed by atoms with Gasteiger partial charge in [-0.3, -0.25) is 14.2 Å². The van der Waals surface area contributed by atoms with Gasteiger partial charge < -0.3 is 5.32 Å². The van der Waals surface area contributed by atoms with Gasteiger partial charge in [-0.25, -0.2) is 4.98 Å². The summed E-state index contributed by atoms with van der Waals surface area (Å²) in [6.45, 7) is 4.82. The lowest BCUT2D eigenvalue weighted by Crippen LogP contribution is -2.33. The molecule has 0 aromatic carbocycles. The van der Waals surface area contributed by atoms with Gasteiger partial charge in [0, 0.05) is 24.3 Å². The number of hydrogen-bond acceptors (Lipinski definition) is 4. The lowest BCUT2D eigenvalue weighted by atomic mass is 10.2. The highest BCUT2D eigenvalue weighted by atomic mass is 32.2. The van der Waals surface area contributed by atoms with Crippen LogP contribution in [0.25, 0.3) is 0 Å². The summed E-state index contributed by atoms with van der Waals surface area (Å²) in [7, 11) is 0. The van der Waals surface area contributed by atoms with E-state index in [9.17, 15) is 9.59 Å². The molecule has 5 nitrogen and oxygen atoms in total. The number of aryl methyl sites for hydroxylation is 1. The highest BCUT2D eigenvalue weighted by Gasteiger charge is 2.30. The van der Waals surface area contributed by atoms with Crippen LogP contribution in [0.15, 0.2) is 9.95 Å². The van der Waals surface area contributed by atoms with E-state index in [-0.39, 0.29) is 17.5 Å². The summed E-state index contributed by atoms with van der Waals surface area (Å²) in [5, 5.41) is 3.72. The predicted molar refractivity (Wildman–Crippen MR) is 82.7 cm³/mol. The molecule has 1 atom stereocenters. The number of fused-ring (bicyclic) bond motifs is 2. The highest BCUT2D eigenvalue weighted by molar-refractivity contribution is 7.99. The van der Waals surface area contributed by atoms with Crippen LogP contribution in [0.5, 0.6) is 0 Å². The Balaban J connectivity index is 1.78. The van der Waals surface area contributed by atoms with Gasteiger partial charge in [-0.2, -0.15) is 0 Å². The van der Waals surface area contributed by atoms with E-state index >= 15 is 0 Å². The number of nitrogens with zero attached hydrogens (tertiary/aromatic N) is 2. The van der Waals surface area contributed by atoms with Crippen molar-refractivity contribution in [3.05, 3.63) is 21.6 Å². The average molecular weight is 307 g/mol. The molecule has 0 spiro atoms. The van der Waals surface area contributed by atoms with Crippen molar-refractivity contribution >= 4 is 17.7 Å². The molecule has 21 heavy (non-hydrogen) atoms. The molecule has 1 aromatic heterocycles. The molecule has 1 aromatic rings. The topological polar surface area (TPSA) is 64.0 Å². The Morgan fingerprint density at radius 2 is 2.29 bits per heavy atom. The zero-order valence-corrected chi connectivity index (χ0v) is 13.3. The lowest BCUT2D eigenvalue weighted by molar-refractivity contribution is -0.121. The van der Waals surface area contributed by atoms with Gasteiger partial charge in [0.1, 0.15) is 0 Å². The molecule has 0 saturated heterocycles. The standard InChI is InChI=1S/C15H21N3O2S/c1-9(2)7-16-13(19)6-10-8-21-15-17-12-5-3-4-11(12)14(20)18(10)15/h9-10H,3-8H2,1-2H3,(H,16,19)/t10-/m0/s1. The van der Waals surface area contributed by atoms with Crippen LogP contribution in [0.2, 0.25) is 0 Å². The van der Waals surface area contributed by atoms with Crippen molar-refractivity contribution in [1.82, 2.24) is 14.9 Å². The van der Waals surface area contributed by atoms with Gasteiger partial charge in [0.2, 0.25) is 5.91 Å². The van der Waals surface area contributed by atoms with Gasteiger partial charge >= 0.3 is 0 Å². The monoisotopic (exact) mass is 307 g/mol. The summed E-state index contributed by atoms with van der Waals surface area (Å²) in [6.07, 6.45) is 3.13. The van der Waals surface area contributed by atoms with Crippen LogP contribution in [0.4, 0.5) is 0 Å². The molecule has 0 bridgehead atoms. The molecule has 1 aliphatic heterocycles. The van der Waals surface area contributed by atoms with E-state index in [4.69, 9.17) is 0 Å². The van der Waals surface area contributed by atoms with E-state index in [2.05, 4.69) is 24.1 Å². The zero-order chi connectivity index (χ0) is 15.0. The molecule has 0 unspecified atom stereocenters. The van der Waals surface area contributed by atoms with Gasteiger partial charge in [0.15, 0.2) is 5.16 Å². The maximum atomic E-state index is 12.6. The zero-order valence-electron chi connectivity index (χ0n) is 12.5. The van der Waals surface area contributed by atoms with Crippen LogP contribution in [0.1, 0.15) is 44.0 Å². The molecule has 0 radical (unpaired) electrons. The van der Waals surface area contributed by atoms with E-state index in [0.29, 0.717) is 18.9 Å². The van der Waals surface area contributed by atoms with Crippen LogP contribution in [-0.2, 0) is 17.6 Å². The van der Waals surface area contributed by atoms with E-state index < -0.39 is 0 Å². The third kappa shape index (κ3) is 2.86. The molecule has 2 heterocycles. The Labute approximate surface area is 128 Å². The summed E-state index contributed by atoms with van der Waals surface area (Å²) in [5.41, 5.74) is 1.93. The van der Waals surface area contributed by atoms with Crippen molar-refractivity contribution in [2.45, 2.75) is 50.7 Å². The predicted octanol–water partition coefficient (Wildman–Crippen LogP) is 1.54. The number of nitrogens with one attached hydrogen (secondary N) is 1. The van der Waals surface area contributed by atoms with Gasteiger partial charge in [0.05, 0.1) is 11.7 Å². The number of carbonyl (C=O) groups excluding carboxylic acids is 1. The summed E-state index contributed by atoms with van der Waals surface area (Å²) in [4.78, 5) is 29.2. The fourth-order valence-corrected chi connectivity index (χ4v) is 4.06. The number of amides is 1. The molecule has 1 amide bonds. The molecule has 1 aliphatic carbocycles. The first-order chi connectivity index (χ1) is 10.1. The van der Waals surface area contributed by atoms with Crippen molar-refractivity contribution < 1.29 is 4.79 Å². The highest BCUT2D eigenvalue weighted by Crippen LogP contribution is 2.33. The molecule has 1 N–H and O–H groups in total. The second-order valence-electron chi connectivity index (χ2n) is 6.22. The minimum absolute atomic E-state index is 0.0227. The normalized spacial score (nSPS) is 19.7. The minimum Gasteiger partial charge on any atom is -0.356 e. The molecule has 114 valence electrons. The second kappa shape index (κ2) is 5.83. The minimum atomic E-state index is -0.0527. The Hall–Kier alpha value is -1.30. The van der Waals surface area contributed by atoms with Gasteiger partial charge in [-0.05, 0) is 25.2 Å². The van der Waals surface area contributed by atoms with Crippen LogP contribution in [0.3, 0.4) is 0 Å². The second-order valence-corrected chi connectivity index (χ2v) is 7.20. The van der Waals surface area contributed by atoms with E-state index in [1.54, 1.807) is 16.3 Å². The smallest absolute Gasteiger partial charge is 0.257 e. The molecule has 2 aliphatic rings. The Bertz CT molecular complexity index is 624. The Kier molecular flexibility index (Phi) is 4.06. The van der Waals surface area contributed by atoms with E-state index in [1.165, 1.54) is 0 Å². The summed E-state index contributed by atoms with van der Waals surface area (Å²) in [5.74, 6) is 1.22. The Morgan fingerprint density at radius 3 is 3.05 bits per heavy atom. The molecular weight excluding hydrogens is 286 g/mol. The summed E-state index contributed by atoms with van der Waals surface area (Å²) in [6, 6.07) is -0.0527. The summed E-state index contributed by atoms with van der Waals surface area (Å²) < 4.78 is 1.75. The number of hydrogen-bond donors (Lipinski definition) is 1. The van der Waals surface area contributed by atoms with Gasteiger partial charge in [-0.1, -0.05) is 25.6 Å². The number of thioether (sulfide) groups is 1. The lowest BCUT2D eigenvalue weighted by Gasteiger charge is -2.15. The molecule has 6 heteroatoms. The number of aromatic nitrogens is 2. The van der Waals surface area contributed by atoms with Crippen LogP contribution >= 0.6 is 11.8 Å². The van der Waals surface area contributed by atoms with Crippen LogP contribution in [-0.4, -0.2) is 27.8 Å². The molecular formula is C15H21N3O2S. The third-order valence-corrected chi connectivity index (χ3v) is 5.10. The summed E-state index contributed by atoms with van der Waals surface area (Å²) >= 11 is 1.59. The SMILES string of the molecule is CC(C)CNC(=O)C[C@H]1CSc2nc3c(c(=O)n21)CCC3. The van der Waals surface area contributed by atoms with Crippen molar-refractivity contribution in [2.75, 3.05) is 12.3 Å². The van der Waals surface area contributed by atoms with Crippen molar-refractivity contribution in [1.29, 1.82) is 0 Å². The third-order valence-electron chi connectivity index (χ3n) is 4.00. The van der Waals surface area contributed by atoms with Crippen LogP contribution in [0, 0.1) is 5.92 Å². The maximum absolute atomic E-state index is 12.6. The maximum Gasteiger partial charge on any atom is 0.257 e. The first kappa shape index (κ1) is 14.6. The number of carbonyl (C=O) groups is 1.